The first-order valence-corrected chi connectivity index (χ1v) is 7.09. The summed E-state index contributed by atoms with van der Waals surface area (Å²) >= 11 is 0. The molecule has 3 N–H and O–H groups in total. The van der Waals surface area contributed by atoms with E-state index in [-0.39, 0.29) is 60.7 Å². The number of hydrogen-bond acceptors (Lipinski definition) is 4. The minimum Gasteiger partial charge on any atom is -1.00 e. The van der Waals surface area contributed by atoms with Crippen molar-refractivity contribution < 1.29 is 67.9 Å². The van der Waals surface area contributed by atoms with Crippen LogP contribution in [0.2, 0.25) is 6.04 Å². The van der Waals surface area contributed by atoms with Crippen LogP contribution in [0.15, 0.2) is 0 Å². The maximum absolute atomic E-state index is 5.65. The summed E-state index contributed by atoms with van der Waals surface area (Å²) in [6.45, 7) is 10.1. The van der Waals surface area contributed by atoms with Crippen molar-refractivity contribution in [2.45, 2.75) is 40.2 Å². The Morgan fingerprint density at radius 1 is 0.722 bits per heavy atom. The zero-order valence-corrected chi connectivity index (χ0v) is 16.1. The van der Waals surface area contributed by atoms with E-state index in [4.69, 9.17) is 13.3 Å². The van der Waals surface area contributed by atoms with Crippen LogP contribution in [-0.2, 0) is 30.6 Å². The van der Waals surface area contributed by atoms with Crippen molar-refractivity contribution in [3.05, 3.63) is 0 Å². The van der Waals surface area contributed by atoms with Crippen molar-refractivity contribution in [2.75, 3.05) is 19.8 Å². The Morgan fingerprint density at radius 2 is 1.00 bits per heavy atom. The van der Waals surface area contributed by atoms with Gasteiger partial charge in [0, 0.05) is 25.9 Å². The summed E-state index contributed by atoms with van der Waals surface area (Å²) in [4.78, 5) is 0. The molecule has 0 rings (SSSR count). The van der Waals surface area contributed by atoms with Gasteiger partial charge in [-0.25, -0.2) is 0 Å². The first kappa shape index (κ1) is 36.6. The van der Waals surface area contributed by atoms with Crippen molar-refractivity contribution in [3.63, 3.8) is 0 Å². The third-order valence-electron chi connectivity index (χ3n) is 1.65. The molecular weight excluding hydrogens is 357 g/mol. The van der Waals surface area contributed by atoms with E-state index in [2.05, 4.69) is 6.92 Å². The quantitative estimate of drug-likeness (QED) is 0.425. The van der Waals surface area contributed by atoms with Gasteiger partial charge >= 0.3 is 26.2 Å². The van der Waals surface area contributed by atoms with E-state index < -0.39 is 8.80 Å². The molecule has 0 heterocycles. The summed E-state index contributed by atoms with van der Waals surface area (Å²) < 4.78 is 16.9. The molecule has 1 radical (unpaired) electrons. The molecule has 18 heavy (non-hydrogen) atoms. The minimum absolute atomic E-state index is 0. The van der Waals surface area contributed by atoms with Crippen LogP contribution in [0.3, 0.4) is 0 Å². The normalized spacial score (nSPS) is 8.67. The van der Waals surface area contributed by atoms with Crippen LogP contribution in [0.25, 0.3) is 0 Å². The number of halogens is 3. The van der Waals surface area contributed by atoms with Crippen LogP contribution < -0.4 is 43.4 Å². The van der Waals surface area contributed by atoms with Gasteiger partial charge in [-0.15, -0.1) is 0 Å². The molecule has 0 saturated heterocycles. The maximum Gasteiger partial charge on any atom is 3.00 e. The summed E-state index contributed by atoms with van der Waals surface area (Å²) in [5.74, 6) is 0. The summed E-state index contributed by atoms with van der Waals surface area (Å²) in [5.41, 5.74) is 0. The predicted molar refractivity (Wildman–Crippen MR) is 60.8 cm³/mol. The Hall–Kier alpha value is 1.46. The van der Waals surface area contributed by atoms with Gasteiger partial charge in [0.2, 0.25) is 0 Å². The standard InChI is InChI=1S/C9H22O3Si.3ClH.Cr.H3N/c1-5-9-13(10-6-2,11-7-3)12-8-4;;;;;/h5-9H2,1-4H3;3*1H;;1H3/q;;;;+3;/p-3. The molecule has 4 nitrogen and oxygen atoms in total. The van der Waals surface area contributed by atoms with Crippen LogP contribution in [0.5, 0.6) is 0 Å². The molecule has 0 aliphatic carbocycles. The summed E-state index contributed by atoms with van der Waals surface area (Å²) in [7, 11) is -2.30. The van der Waals surface area contributed by atoms with Crippen molar-refractivity contribution in [2.24, 2.45) is 0 Å². The summed E-state index contributed by atoms with van der Waals surface area (Å²) in [6.07, 6.45) is 1.05. The van der Waals surface area contributed by atoms with Crippen LogP contribution in [0.4, 0.5) is 0 Å². The Balaban J connectivity index is -0.0000000720. The van der Waals surface area contributed by atoms with Gasteiger partial charge in [0.1, 0.15) is 0 Å². The monoisotopic (exact) mass is 380 g/mol. The third-order valence-corrected chi connectivity index (χ3v) is 4.95. The molecule has 0 unspecified atom stereocenters. The molecule has 0 aromatic rings. The largest absolute Gasteiger partial charge is 3.00 e. The fraction of sp³-hybridized carbons (Fsp3) is 1.00. The molecule has 0 fully saturated rings. The van der Waals surface area contributed by atoms with Crippen LogP contribution >= 0.6 is 0 Å². The van der Waals surface area contributed by atoms with Crippen LogP contribution in [0.1, 0.15) is 34.1 Å². The number of hydrogen-bond donors (Lipinski definition) is 1. The Kier molecular flexibility index (Phi) is 47.9. The van der Waals surface area contributed by atoms with Gasteiger partial charge < -0.3 is 56.6 Å². The maximum atomic E-state index is 5.65. The fourth-order valence-corrected chi connectivity index (χ4v) is 3.92. The zero-order chi connectivity index (χ0) is 10.2. The molecule has 0 bridgehead atoms. The van der Waals surface area contributed by atoms with E-state index in [0.29, 0.717) is 19.8 Å². The molecule has 0 spiro atoms. The van der Waals surface area contributed by atoms with E-state index in [9.17, 15) is 0 Å². The minimum atomic E-state index is -2.30. The summed E-state index contributed by atoms with van der Waals surface area (Å²) in [5, 5.41) is 0. The average Bonchev–Trinajstić information content (AvgIpc) is 2.06. The zero-order valence-electron chi connectivity index (χ0n) is 11.5. The average molecular weight is 382 g/mol. The number of rotatable bonds is 8. The van der Waals surface area contributed by atoms with Gasteiger partial charge in [-0.05, 0) is 20.8 Å². The van der Waals surface area contributed by atoms with E-state index in [0.717, 1.165) is 12.5 Å². The van der Waals surface area contributed by atoms with Crippen molar-refractivity contribution >= 4 is 8.80 Å². The van der Waals surface area contributed by atoms with Crippen molar-refractivity contribution in [1.29, 1.82) is 0 Å². The molecular formula is C9H25Cl3CrNO3Si. The van der Waals surface area contributed by atoms with E-state index in [1.54, 1.807) is 0 Å². The first-order chi connectivity index (χ1) is 6.24. The molecule has 9 heteroatoms. The van der Waals surface area contributed by atoms with Gasteiger partial charge in [-0.2, -0.15) is 0 Å². The molecule has 0 aliphatic heterocycles. The molecule has 0 aromatic carbocycles. The van der Waals surface area contributed by atoms with Crippen molar-refractivity contribution in [1.82, 2.24) is 6.15 Å². The van der Waals surface area contributed by atoms with Gasteiger partial charge in [0.25, 0.3) is 0 Å². The molecule has 0 atom stereocenters. The first-order valence-electron chi connectivity index (χ1n) is 5.16. The summed E-state index contributed by atoms with van der Waals surface area (Å²) in [6, 6.07) is 0.919. The van der Waals surface area contributed by atoms with Gasteiger partial charge in [-0.3, -0.25) is 0 Å². The van der Waals surface area contributed by atoms with Gasteiger partial charge in [0.05, 0.1) is 0 Å². The Labute approximate surface area is 142 Å². The molecule has 0 saturated carbocycles. The van der Waals surface area contributed by atoms with E-state index >= 15 is 0 Å². The SMILES string of the molecule is CCC[Si](OCC)(OCC)OCC.N.[Cl-].[Cl-].[Cl-].[Cr+3]. The van der Waals surface area contributed by atoms with Crippen molar-refractivity contribution in [3.8, 4) is 0 Å². The van der Waals surface area contributed by atoms with Gasteiger partial charge in [-0.1, -0.05) is 13.3 Å². The van der Waals surface area contributed by atoms with Gasteiger partial charge in [0.15, 0.2) is 0 Å². The topological polar surface area (TPSA) is 62.7 Å². The Morgan fingerprint density at radius 3 is 1.17 bits per heavy atom. The third kappa shape index (κ3) is 15.5. The van der Waals surface area contributed by atoms with Crippen LogP contribution in [-0.4, -0.2) is 28.6 Å². The second-order valence-corrected chi connectivity index (χ2v) is 5.46. The molecule has 0 aromatic heterocycles. The second-order valence-electron chi connectivity index (χ2n) is 2.73. The molecule has 115 valence electrons. The fourth-order valence-electron chi connectivity index (χ4n) is 1.31. The van der Waals surface area contributed by atoms with E-state index in [1.807, 2.05) is 20.8 Å². The molecule has 0 aliphatic rings. The van der Waals surface area contributed by atoms with E-state index in [1.165, 1.54) is 0 Å². The molecule has 0 amide bonds. The Bertz CT molecular complexity index is 112. The van der Waals surface area contributed by atoms with Crippen LogP contribution in [0, 0.1) is 0 Å². The second kappa shape index (κ2) is 23.5. The smallest absolute Gasteiger partial charge is 1.00 e. The predicted octanol–water partition coefficient (Wildman–Crippen LogP) is -6.38.